The Bertz CT molecular complexity index is 1410. The molecule has 5 nitrogen and oxygen atoms in total. The summed E-state index contributed by atoms with van der Waals surface area (Å²) in [6, 6.07) is 27.6. The smallest absolute Gasteiger partial charge is 0.254 e. The molecule has 0 N–H and O–H groups in total. The molecule has 0 saturated heterocycles. The van der Waals surface area contributed by atoms with Crippen LogP contribution in [0.1, 0.15) is 46.3 Å². The van der Waals surface area contributed by atoms with Crippen LogP contribution in [0, 0.1) is 5.92 Å². The number of nitrogens with zero attached hydrogens (tertiary/aromatic N) is 2. The van der Waals surface area contributed by atoms with Gasteiger partial charge < -0.3 is 14.5 Å². The van der Waals surface area contributed by atoms with Crippen LogP contribution in [0.5, 0.6) is 5.75 Å². The fourth-order valence-corrected chi connectivity index (χ4v) is 6.17. The third-order valence-electron chi connectivity index (χ3n) is 7.16. The average molecular weight is 539 g/mol. The van der Waals surface area contributed by atoms with Crippen LogP contribution >= 0.6 is 11.3 Å². The van der Waals surface area contributed by atoms with Gasteiger partial charge >= 0.3 is 0 Å². The molecule has 200 valence electrons. The first-order valence-corrected chi connectivity index (χ1v) is 14.3. The molecule has 39 heavy (non-hydrogen) atoms. The summed E-state index contributed by atoms with van der Waals surface area (Å²) in [5, 5.41) is 2.10. The van der Waals surface area contributed by atoms with E-state index in [9.17, 15) is 9.59 Å². The quantitative estimate of drug-likeness (QED) is 0.251. The topological polar surface area (TPSA) is 49.9 Å². The van der Waals surface area contributed by atoms with Crippen LogP contribution in [-0.4, -0.2) is 48.4 Å². The highest BCUT2D eigenvalue weighted by molar-refractivity contribution is 7.10. The van der Waals surface area contributed by atoms with Crippen LogP contribution in [0.3, 0.4) is 0 Å². The number of hydrogen-bond donors (Lipinski definition) is 0. The van der Waals surface area contributed by atoms with E-state index >= 15 is 0 Å². The molecule has 0 saturated carbocycles. The second kappa shape index (κ2) is 11.9. The Morgan fingerprint density at radius 1 is 0.949 bits per heavy atom. The van der Waals surface area contributed by atoms with Crippen molar-refractivity contribution < 1.29 is 14.3 Å². The summed E-state index contributed by atoms with van der Waals surface area (Å²) in [6.45, 7) is 5.32. The fraction of sp³-hybridized carbons (Fsp3) is 0.273. The van der Waals surface area contributed by atoms with Crippen LogP contribution in [0.2, 0.25) is 0 Å². The summed E-state index contributed by atoms with van der Waals surface area (Å²) < 4.78 is 5.35. The summed E-state index contributed by atoms with van der Waals surface area (Å²) >= 11 is 1.74. The minimum absolute atomic E-state index is 0.0393. The molecule has 1 atom stereocenters. The van der Waals surface area contributed by atoms with Gasteiger partial charge in [0.1, 0.15) is 12.3 Å². The zero-order chi connectivity index (χ0) is 27.4. The molecule has 0 radical (unpaired) electrons. The van der Waals surface area contributed by atoms with E-state index in [0.717, 1.165) is 28.9 Å². The lowest BCUT2D eigenvalue weighted by Crippen LogP contribution is -2.47. The van der Waals surface area contributed by atoms with Gasteiger partial charge in [0.15, 0.2) is 0 Å². The van der Waals surface area contributed by atoms with Crippen LogP contribution < -0.4 is 4.74 Å². The number of hydrogen-bond acceptors (Lipinski definition) is 4. The Morgan fingerprint density at radius 2 is 1.64 bits per heavy atom. The van der Waals surface area contributed by atoms with Gasteiger partial charge in [0, 0.05) is 23.5 Å². The first kappa shape index (κ1) is 26.7. The van der Waals surface area contributed by atoms with Crippen molar-refractivity contribution in [2.45, 2.75) is 26.3 Å². The number of rotatable bonds is 8. The Kier molecular flexibility index (Phi) is 8.13. The standard InChI is InChI=1S/C33H34N2O3S/c1-23(2)21-34(33(37)27-11-9-25(10-12-27)24-7-5-4-6-8-24)22-31(36)35-19-17-30-29(18-20-39-30)32(35)26-13-15-28(38-3)16-14-26/h4-16,18,20,23,32H,17,19,21-22H2,1-3H3. The van der Waals surface area contributed by atoms with E-state index in [0.29, 0.717) is 18.7 Å². The van der Waals surface area contributed by atoms with E-state index in [-0.39, 0.29) is 30.3 Å². The first-order chi connectivity index (χ1) is 18.9. The number of carbonyl (C=O) groups is 2. The monoisotopic (exact) mass is 538 g/mol. The first-order valence-electron chi connectivity index (χ1n) is 13.4. The second-order valence-corrected chi connectivity index (χ2v) is 11.3. The Morgan fingerprint density at radius 3 is 2.31 bits per heavy atom. The van der Waals surface area contributed by atoms with Crippen LogP contribution in [0.15, 0.2) is 90.3 Å². The minimum atomic E-state index is -0.181. The molecule has 5 rings (SSSR count). The molecule has 3 aromatic carbocycles. The van der Waals surface area contributed by atoms with Gasteiger partial charge in [-0.3, -0.25) is 9.59 Å². The molecular formula is C33H34N2O3S. The number of ether oxygens (including phenoxy) is 1. The van der Waals surface area contributed by atoms with Crippen molar-refractivity contribution in [3.63, 3.8) is 0 Å². The molecule has 1 unspecified atom stereocenters. The molecule has 0 fully saturated rings. The SMILES string of the molecule is COc1ccc(C2c3ccsc3CCN2C(=O)CN(CC(C)C)C(=O)c2ccc(-c3ccccc3)cc2)cc1. The van der Waals surface area contributed by atoms with E-state index < -0.39 is 0 Å². The summed E-state index contributed by atoms with van der Waals surface area (Å²) in [5.74, 6) is 0.853. The van der Waals surface area contributed by atoms with Gasteiger partial charge in [-0.05, 0) is 70.3 Å². The number of thiophene rings is 1. The molecule has 0 spiro atoms. The molecule has 1 aliphatic heterocycles. The van der Waals surface area contributed by atoms with E-state index in [1.54, 1.807) is 23.3 Å². The lowest BCUT2D eigenvalue weighted by molar-refractivity contribution is -0.134. The van der Waals surface area contributed by atoms with Crippen molar-refractivity contribution in [1.82, 2.24) is 9.80 Å². The number of benzene rings is 3. The van der Waals surface area contributed by atoms with Crippen LogP contribution in [0.4, 0.5) is 0 Å². The zero-order valence-electron chi connectivity index (χ0n) is 22.7. The Hall–Kier alpha value is -3.90. The molecule has 0 bridgehead atoms. The van der Waals surface area contributed by atoms with Crippen molar-refractivity contribution in [3.05, 3.63) is 112 Å². The highest BCUT2D eigenvalue weighted by Crippen LogP contribution is 2.38. The summed E-state index contributed by atoms with van der Waals surface area (Å²) in [4.78, 5) is 32.5. The molecular weight excluding hydrogens is 504 g/mol. The third-order valence-corrected chi connectivity index (χ3v) is 8.15. The molecule has 1 aromatic heterocycles. The number of methoxy groups -OCH3 is 1. The molecule has 6 heteroatoms. The molecule has 2 heterocycles. The summed E-state index contributed by atoms with van der Waals surface area (Å²) in [7, 11) is 1.65. The van der Waals surface area contributed by atoms with Gasteiger partial charge in [-0.2, -0.15) is 0 Å². The van der Waals surface area contributed by atoms with Gasteiger partial charge in [0.25, 0.3) is 5.91 Å². The zero-order valence-corrected chi connectivity index (χ0v) is 23.5. The van der Waals surface area contributed by atoms with Gasteiger partial charge in [-0.1, -0.05) is 68.4 Å². The van der Waals surface area contributed by atoms with Gasteiger partial charge in [0.05, 0.1) is 13.2 Å². The van der Waals surface area contributed by atoms with Crippen molar-refractivity contribution in [2.75, 3.05) is 26.7 Å². The predicted molar refractivity (Wildman–Crippen MR) is 157 cm³/mol. The van der Waals surface area contributed by atoms with Gasteiger partial charge in [0.2, 0.25) is 5.91 Å². The predicted octanol–water partition coefficient (Wildman–Crippen LogP) is 6.70. The van der Waals surface area contributed by atoms with Crippen molar-refractivity contribution in [2.24, 2.45) is 5.92 Å². The van der Waals surface area contributed by atoms with Crippen LogP contribution in [0.25, 0.3) is 11.1 Å². The van der Waals surface area contributed by atoms with Crippen molar-refractivity contribution >= 4 is 23.2 Å². The number of amides is 2. The van der Waals surface area contributed by atoms with Gasteiger partial charge in [-0.25, -0.2) is 0 Å². The maximum atomic E-state index is 13.9. The number of carbonyl (C=O) groups excluding carboxylic acids is 2. The highest BCUT2D eigenvalue weighted by atomic mass is 32.1. The maximum Gasteiger partial charge on any atom is 0.254 e. The molecule has 1 aliphatic rings. The average Bonchev–Trinajstić information content (AvgIpc) is 3.45. The lowest BCUT2D eigenvalue weighted by Gasteiger charge is -2.38. The molecule has 2 amide bonds. The van der Waals surface area contributed by atoms with E-state index in [2.05, 4.69) is 37.4 Å². The second-order valence-electron chi connectivity index (χ2n) is 10.3. The molecule has 4 aromatic rings. The fourth-order valence-electron chi connectivity index (χ4n) is 5.26. The summed E-state index contributed by atoms with van der Waals surface area (Å²) in [6.07, 6.45) is 0.824. The summed E-state index contributed by atoms with van der Waals surface area (Å²) in [5.41, 5.74) is 4.97. The van der Waals surface area contributed by atoms with Crippen LogP contribution in [-0.2, 0) is 11.2 Å². The van der Waals surface area contributed by atoms with E-state index in [1.807, 2.05) is 71.6 Å². The molecule has 0 aliphatic carbocycles. The van der Waals surface area contributed by atoms with Crippen molar-refractivity contribution in [3.8, 4) is 16.9 Å². The Balaban J connectivity index is 1.39. The Labute approximate surface area is 234 Å². The normalized spacial score (nSPS) is 14.7. The minimum Gasteiger partial charge on any atom is -0.497 e. The third kappa shape index (κ3) is 5.91. The largest absolute Gasteiger partial charge is 0.497 e. The van der Waals surface area contributed by atoms with Gasteiger partial charge in [-0.15, -0.1) is 11.3 Å². The number of fused-ring (bicyclic) bond motifs is 1. The van der Waals surface area contributed by atoms with Crippen molar-refractivity contribution in [1.29, 1.82) is 0 Å². The highest BCUT2D eigenvalue weighted by Gasteiger charge is 2.34. The lowest BCUT2D eigenvalue weighted by atomic mass is 9.93. The van der Waals surface area contributed by atoms with E-state index in [4.69, 9.17) is 4.74 Å². The maximum absolute atomic E-state index is 13.9. The van der Waals surface area contributed by atoms with E-state index in [1.165, 1.54) is 10.4 Å².